The van der Waals surface area contributed by atoms with Crippen LogP contribution in [0.4, 0.5) is 0 Å². The third kappa shape index (κ3) is 2.44. The molecule has 4 heteroatoms. The highest BCUT2D eigenvalue weighted by molar-refractivity contribution is 6.44. The average molecular weight is 256 g/mol. The van der Waals surface area contributed by atoms with Crippen molar-refractivity contribution in [3.05, 3.63) is 42.0 Å². The second-order valence-corrected chi connectivity index (χ2v) is 5.08. The van der Waals surface area contributed by atoms with Crippen molar-refractivity contribution in [2.45, 2.75) is 12.5 Å². The highest BCUT2D eigenvalue weighted by atomic mass is 16.6. The summed E-state index contributed by atoms with van der Waals surface area (Å²) in [7, 11) is 0. The number of Topliss-reactive ketones (excluding diaryl/α,β-unsaturated/α-hetero) is 1. The molecule has 2 aliphatic heterocycles. The average Bonchev–Trinajstić information content (AvgIpc) is 3.03. The molecule has 1 aromatic rings. The minimum absolute atomic E-state index is 0.000196. The zero-order chi connectivity index (χ0) is 13.3. The van der Waals surface area contributed by atoms with Gasteiger partial charge in [-0.3, -0.25) is 4.79 Å². The van der Waals surface area contributed by atoms with Crippen LogP contribution in [-0.2, 0) is 9.53 Å². The standard InChI is InChI=1S/C15H16N2O2/c1-15(10-19-15)14(18)13-12(9-16-17-13)8-7-11-5-3-2-4-6-11/h2-8,12,16H,9-10H2,1H3/b8-7+/t12-,15+/m0/s1. The molecule has 1 fully saturated rings. The van der Waals surface area contributed by atoms with Gasteiger partial charge in [0.2, 0.25) is 5.78 Å². The number of ether oxygens (including phenoxy) is 1. The van der Waals surface area contributed by atoms with Crippen molar-refractivity contribution in [2.24, 2.45) is 11.0 Å². The number of rotatable bonds is 4. The van der Waals surface area contributed by atoms with Gasteiger partial charge < -0.3 is 10.2 Å². The molecule has 98 valence electrons. The Balaban J connectivity index is 1.73. The summed E-state index contributed by atoms with van der Waals surface area (Å²) in [5, 5.41) is 4.12. The number of ketones is 1. The van der Waals surface area contributed by atoms with Crippen LogP contribution in [0.5, 0.6) is 0 Å². The van der Waals surface area contributed by atoms with Crippen molar-refractivity contribution >= 4 is 17.6 Å². The second-order valence-electron chi connectivity index (χ2n) is 5.08. The van der Waals surface area contributed by atoms with Crippen LogP contribution in [0.2, 0.25) is 0 Å². The number of epoxide rings is 1. The summed E-state index contributed by atoms with van der Waals surface area (Å²) in [6.07, 6.45) is 4.05. The Labute approximate surface area is 112 Å². The molecule has 3 rings (SSSR count). The van der Waals surface area contributed by atoms with Gasteiger partial charge in [-0.15, -0.1) is 0 Å². The van der Waals surface area contributed by atoms with Crippen LogP contribution < -0.4 is 5.43 Å². The van der Waals surface area contributed by atoms with Gasteiger partial charge in [0.15, 0.2) is 5.60 Å². The van der Waals surface area contributed by atoms with E-state index >= 15 is 0 Å². The summed E-state index contributed by atoms with van der Waals surface area (Å²) in [5.74, 6) is 0.0222. The summed E-state index contributed by atoms with van der Waals surface area (Å²) in [4.78, 5) is 12.2. The Kier molecular flexibility index (Phi) is 2.95. The molecule has 2 aliphatic rings. The molecule has 0 aromatic heterocycles. The van der Waals surface area contributed by atoms with E-state index in [1.54, 1.807) is 0 Å². The van der Waals surface area contributed by atoms with Crippen molar-refractivity contribution < 1.29 is 9.53 Å². The van der Waals surface area contributed by atoms with Gasteiger partial charge in [0.05, 0.1) is 6.61 Å². The lowest BCUT2D eigenvalue weighted by atomic mass is 9.93. The maximum Gasteiger partial charge on any atom is 0.213 e. The maximum atomic E-state index is 12.2. The largest absolute Gasteiger partial charge is 0.361 e. The predicted octanol–water partition coefficient (Wildman–Crippen LogP) is 1.63. The van der Waals surface area contributed by atoms with E-state index in [2.05, 4.69) is 10.5 Å². The molecule has 0 aliphatic carbocycles. The van der Waals surface area contributed by atoms with Crippen LogP contribution in [0.15, 0.2) is 41.5 Å². The minimum Gasteiger partial charge on any atom is -0.361 e. The zero-order valence-corrected chi connectivity index (χ0v) is 10.8. The van der Waals surface area contributed by atoms with Gasteiger partial charge in [-0.25, -0.2) is 0 Å². The number of hydrazone groups is 1. The highest BCUT2D eigenvalue weighted by Gasteiger charge is 2.50. The first kappa shape index (κ1) is 12.1. The van der Waals surface area contributed by atoms with E-state index in [1.807, 2.05) is 49.4 Å². The molecule has 2 atom stereocenters. The Hall–Kier alpha value is -1.94. The molecule has 0 amide bonds. The number of carbonyl (C=O) groups excluding carboxylic acids is 1. The zero-order valence-electron chi connectivity index (χ0n) is 10.8. The third-order valence-electron chi connectivity index (χ3n) is 3.47. The molecular formula is C15H16N2O2. The topological polar surface area (TPSA) is 54.0 Å². The summed E-state index contributed by atoms with van der Waals surface area (Å²) in [6, 6.07) is 10.0. The van der Waals surface area contributed by atoms with E-state index in [-0.39, 0.29) is 11.7 Å². The molecule has 4 nitrogen and oxygen atoms in total. The van der Waals surface area contributed by atoms with Crippen LogP contribution in [0.1, 0.15) is 12.5 Å². The summed E-state index contributed by atoms with van der Waals surface area (Å²) in [5.41, 5.74) is 3.96. The number of nitrogens with one attached hydrogen (secondary N) is 1. The van der Waals surface area contributed by atoms with Crippen LogP contribution in [0, 0.1) is 5.92 Å². The van der Waals surface area contributed by atoms with Gasteiger partial charge in [-0.1, -0.05) is 42.5 Å². The maximum absolute atomic E-state index is 12.2. The highest BCUT2D eigenvalue weighted by Crippen LogP contribution is 2.29. The first-order valence-electron chi connectivity index (χ1n) is 6.41. The minimum atomic E-state index is -0.635. The lowest BCUT2D eigenvalue weighted by Crippen LogP contribution is -2.32. The van der Waals surface area contributed by atoms with E-state index in [0.717, 1.165) is 5.56 Å². The Morgan fingerprint density at radius 2 is 2.21 bits per heavy atom. The van der Waals surface area contributed by atoms with Crippen LogP contribution in [0.3, 0.4) is 0 Å². The van der Waals surface area contributed by atoms with Gasteiger partial charge >= 0.3 is 0 Å². The molecule has 0 unspecified atom stereocenters. The van der Waals surface area contributed by atoms with Crippen molar-refractivity contribution in [3.63, 3.8) is 0 Å². The Morgan fingerprint density at radius 1 is 1.47 bits per heavy atom. The van der Waals surface area contributed by atoms with Crippen molar-refractivity contribution in [1.29, 1.82) is 0 Å². The monoisotopic (exact) mass is 256 g/mol. The van der Waals surface area contributed by atoms with Crippen molar-refractivity contribution in [1.82, 2.24) is 5.43 Å². The number of hydrogen-bond donors (Lipinski definition) is 1. The molecule has 0 saturated carbocycles. The molecule has 1 aromatic carbocycles. The summed E-state index contributed by atoms with van der Waals surface area (Å²) in [6.45, 7) is 2.98. The van der Waals surface area contributed by atoms with Gasteiger partial charge in [0.1, 0.15) is 5.71 Å². The number of carbonyl (C=O) groups is 1. The van der Waals surface area contributed by atoms with Gasteiger partial charge in [-0.05, 0) is 12.5 Å². The normalized spacial score (nSPS) is 29.1. The lowest BCUT2D eigenvalue weighted by Gasteiger charge is -2.08. The van der Waals surface area contributed by atoms with Gasteiger partial charge in [0.25, 0.3) is 0 Å². The fourth-order valence-corrected chi connectivity index (χ4v) is 2.09. The molecule has 1 N–H and O–H groups in total. The molecule has 19 heavy (non-hydrogen) atoms. The molecule has 0 radical (unpaired) electrons. The smallest absolute Gasteiger partial charge is 0.213 e. The summed E-state index contributed by atoms with van der Waals surface area (Å²) < 4.78 is 5.20. The predicted molar refractivity (Wildman–Crippen MR) is 73.8 cm³/mol. The van der Waals surface area contributed by atoms with Crippen LogP contribution >= 0.6 is 0 Å². The quantitative estimate of drug-likeness (QED) is 0.833. The SMILES string of the molecule is C[C@]1(C(=O)C2=NNC[C@@H]2/C=C/c2ccccc2)CO1. The van der Waals surface area contributed by atoms with E-state index in [0.29, 0.717) is 18.9 Å². The number of hydrogen-bond acceptors (Lipinski definition) is 4. The molecule has 2 heterocycles. The van der Waals surface area contributed by atoms with Crippen LogP contribution in [-0.4, -0.2) is 30.2 Å². The molecule has 0 bridgehead atoms. The van der Waals surface area contributed by atoms with E-state index in [1.165, 1.54) is 0 Å². The van der Waals surface area contributed by atoms with Gasteiger partial charge in [0, 0.05) is 12.5 Å². The molecule has 0 spiro atoms. The summed E-state index contributed by atoms with van der Waals surface area (Å²) >= 11 is 0. The lowest BCUT2D eigenvalue weighted by molar-refractivity contribution is -0.117. The van der Waals surface area contributed by atoms with E-state index in [9.17, 15) is 4.79 Å². The van der Waals surface area contributed by atoms with Crippen LogP contribution in [0.25, 0.3) is 6.08 Å². The number of nitrogens with zero attached hydrogens (tertiary/aromatic N) is 1. The fraction of sp³-hybridized carbons (Fsp3) is 0.333. The van der Waals surface area contributed by atoms with Gasteiger partial charge in [-0.2, -0.15) is 5.10 Å². The van der Waals surface area contributed by atoms with Crippen molar-refractivity contribution in [2.75, 3.05) is 13.2 Å². The first-order valence-corrected chi connectivity index (χ1v) is 6.41. The third-order valence-corrected chi connectivity index (χ3v) is 3.47. The van der Waals surface area contributed by atoms with Crippen molar-refractivity contribution in [3.8, 4) is 0 Å². The second kappa shape index (κ2) is 4.63. The Morgan fingerprint density at radius 3 is 2.89 bits per heavy atom. The fourth-order valence-electron chi connectivity index (χ4n) is 2.09. The molecule has 1 saturated heterocycles. The number of benzene rings is 1. The first-order chi connectivity index (χ1) is 9.19. The molecular weight excluding hydrogens is 240 g/mol. The Bertz CT molecular complexity index is 545. The van der Waals surface area contributed by atoms with E-state index in [4.69, 9.17) is 4.74 Å². The van der Waals surface area contributed by atoms with E-state index < -0.39 is 5.60 Å².